The van der Waals surface area contributed by atoms with E-state index in [1.807, 2.05) is 24.5 Å². The fourth-order valence-electron chi connectivity index (χ4n) is 1.15. The van der Waals surface area contributed by atoms with Gasteiger partial charge in [-0.15, -0.1) is 11.8 Å². The van der Waals surface area contributed by atoms with Crippen LogP contribution < -0.4 is 10.0 Å². The van der Waals surface area contributed by atoms with Gasteiger partial charge in [-0.3, -0.25) is 4.72 Å². The van der Waals surface area contributed by atoms with Crippen LogP contribution in [0.5, 0.6) is 0 Å². The van der Waals surface area contributed by atoms with Crippen LogP contribution in [0.4, 0.5) is 5.69 Å². The summed E-state index contributed by atoms with van der Waals surface area (Å²) in [6.45, 7) is 0.442. The Bertz CT molecular complexity index is 432. The van der Waals surface area contributed by atoms with E-state index in [1.54, 1.807) is 24.9 Å². The Morgan fingerprint density at radius 1 is 1.38 bits per heavy atom. The van der Waals surface area contributed by atoms with E-state index in [4.69, 9.17) is 0 Å². The standard InChI is InChI=1S/C10H16N2O2S2/c1-11-6-7-16(13,14)12-9-4-3-5-10(8-9)15-2/h3-5,8,11-12H,6-7H2,1-2H3. The molecule has 0 fully saturated rings. The molecule has 4 nitrogen and oxygen atoms in total. The SMILES string of the molecule is CNCCS(=O)(=O)Nc1cccc(SC)c1. The molecular weight excluding hydrogens is 244 g/mol. The summed E-state index contributed by atoms with van der Waals surface area (Å²) in [5.74, 6) is 0.0764. The second-order valence-corrected chi connectivity index (χ2v) is 5.98. The van der Waals surface area contributed by atoms with Crippen LogP contribution in [0.1, 0.15) is 0 Å². The van der Waals surface area contributed by atoms with Gasteiger partial charge in [-0.2, -0.15) is 0 Å². The minimum atomic E-state index is -3.24. The van der Waals surface area contributed by atoms with Gasteiger partial charge in [0.2, 0.25) is 10.0 Å². The van der Waals surface area contributed by atoms with E-state index in [9.17, 15) is 8.42 Å². The van der Waals surface area contributed by atoms with Crippen molar-refractivity contribution in [1.82, 2.24) is 5.32 Å². The molecule has 0 radical (unpaired) electrons. The van der Waals surface area contributed by atoms with Crippen molar-refractivity contribution in [2.45, 2.75) is 4.90 Å². The van der Waals surface area contributed by atoms with Gasteiger partial charge in [0.25, 0.3) is 0 Å². The highest BCUT2D eigenvalue weighted by Crippen LogP contribution is 2.19. The lowest BCUT2D eigenvalue weighted by atomic mass is 10.3. The molecule has 0 bridgehead atoms. The third-order valence-electron chi connectivity index (χ3n) is 1.96. The molecule has 16 heavy (non-hydrogen) atoms. The van der Waals surface area contributed by atoms with E-state index in [1.165, 1.54) is 0 Å². The lowest BCUT2D eigenvalue weighted by molar-refractivity contribution is 0.598. The number of hydrogen-bond donors (Lipinski definition) is 2. The fourth-order valence-corrected chi connectivity index (χ4v) is 2.67. The Kier molecular flexibility index (Phi) is 5.11. The lowest BCUT2D eigenvalue weighted by Crippen LogP contribution is -2.24. The van der Waals surface area contributed by atoms with Crippen LogP contribution in [0, 0.1) is 0 Å². The third-order valence-corrected chi connectivity index (χ3v) is 3.98. The summed E-state index contributed by atoms with van der Waals surface area (Å²) in [6, 6.07) is 7.34. The predicted molar refractivity (Wildman–Crippen MR) is 69.6 cm³/mol. The molecule has 0 atom stereocenters. The van der Waals surface area contributed by atoms with Crippen molar-refractivity contribution in [1.29, 1.82) is 0 Å². The summed E-state index contributed by atoms with van der Waals surface area (Å²) in [5.41, 5.74) is 0.614. The smallest absolute Gasteiger partial charge is 0.233 e. The summed E-state index contributed by atoms with van der Waals surface area (Å²) in [4.78, 5) is 1.04. The molecular formula is C10H16N2O2S2. The number of sulfonamides is 1. The number of benzene rings is 1. The van der Waals surface area contributed by atoms with Gasteiger partial charge in [0.1, 0.15) is 0 Å². The largest absolute Gasteiger partial charge is 0.319 e. The first kappa shape index (κ1) is 13.3. The van der Waals surface area contributed by atoms with Crippen molar-refractivity contribution in [2.24, 2.45) is 0 Å². The molecule has 0 saturated heterocycles. The Balaban J connectivity index is 2.72. The van der Waals surface area contributed by atoms with Gasteiger partial charge < -0.3 is 5.32 Å². The van der Waals surface area contributed by atoms with Crippen molar-refractivity contribution in [3.63, 3.8) is 0 Å². The lowest BCUT2D eigenvalue weighted by Gasteiger charge is -2.08. The Labute approximate surface area is 101 Å². The van der Waals surface area contributed by atoms with Crippen LogP contribution in [-0.4, -0.2) is 34.0 Å². The zero-order valence-electron chi connectivity index (χ0n) is 9.36. The predicted octanol–water partition coefficient (Wildman–Crippen LogP) is 1.37. The number of hydrogen-bond acceptors (Lipinski definition) is 4. The molecule has 1 rings (SSSR count). The average Bonchev–Trinajstić information content (AvgIpc) is 2.26. The van der Waals surface area contributed by atoms with Gasteiger partial charge in [0, 0.05) is 17.1 Å². The van der Waals surface area contributed by atoms with E-state index in [0.717, 1.165) is 4.90 Å². The number of anilines is 1. The first-order chi connectivity index (χ1) is 7.57. The third kappa shape index (κ3) is 4.42. The van der Waals surface area contributed by atoms with E-state index in [0.29, 0.717) is 12.2 Å². The van der Waals surface area contributed by atoms with Crippen molar-refractivity contribution in [2.75, 3.05) is 30.3 Å². The van der Waals surface area contributed by atoms with Crippen molar-refractivity contribution < 1.29 is 8.42 Å². The highest BCUT2D eigenvalue weighted by Gasteiger charge is 2.09. The molecule has 0 spiro atoms. The molecule has 0 heterocycles. The van der Waals surface area contributed by atoms with Gasteiger partial charge in [0.05, 0.1) is 5.75 Å². The van der Waals surface area contributed by atoms with Gasteiger partial charge >= 0.3 is 0 Å². The number of rotatable bonds is 6. The minimum Gasteiger partial charge on any atom is -0.319 e. The first-order valence-electron chi connectivity index (χ1n) is 4.86. The molecule has 90 valence electrons. The highest BCUT2D eigenvalue weighted by atomic mass is 32.2. The van der Waals surface area contributed by atoms with Crippen LogP contribution >= 0.6 is 11.8 Å². The Morgan fingerprint density at radius 3 is 2.75 bits per heavy atom. The van der Waals surface area contributed by atoms with Crippen molar-refractivity contribution >= 4 is 27.5 Å². The monoisotopic (exact) mass is 260 g/mol. The zero-order valence-corrected chi connectivity index (χ0v) is 11.0. The van der Waals surface area contributed by atoms with E-state index in [2.05, 4.69) is 10.0 Å². The molecule has 0 aliphatic rings. The molecule has 0 aliphatic heterocycles. The first-order valence-corrected chi connectivity index (χ1v) is 7.74. The van der Waals surface area contributed by atoms with Crippen LogP contribution in [-0.2, 0) is 10.0 Å². The molecule has 1 aromatic rings. The topological polar surface area (TPSA) is 58.2 Å². The fraction of sp³-hybridized carbons (Fsp3) is 0.400. The van der Waals surface area contributed by atoms with Crippen LogP contribution in [0.3, 0.4) is 0 Å². The summed E-state index contributed by atoms with van der Waals surface area (Å²) >= 11 is 1.58. The molecule has 2 N–H and O–H groups in total. The Hall–Kier alpha value is -0.720. The van der Waals surface area contributed by atoms with E-state index in [-0.39, 0.29) is 5.75 Å². The second-order valence-electron chi connectivity index (χ2n) is 3.26. The normalized spacial score (nSPS) is 11.4. The van der Waals surface area contributed by atoms with Gasteiger partial charge in [-0.1, -0.05) is 6.07 Å². The molecule has 6 heteroatoms. The summed E-state index contributed by atoms with van der Waals surface area (Å²) < 4.78 is 25.7. The van der Waals surface area contributed by atoms with Crippen LogP contribution in [0.15, 0.2) is 29.2 Å². The zero-order chi connectivity index (χ0) is 12.0. The number of thioether (sulfide) groups is 1. The van der Waals surface area contributed by atoms with E-state index >= 15 is 0 Å². The summed E-state index contributed by atoms with van der Waals surface area (Å²) in [5, 5.41) is 2.81. The quantitative estimate of drug-likeness (QED) is 0.759. The molecule has 0 unspecified atom stereocenters. The number of nitrogens with one attached hydrogen (secondary N) is 2. The van der Waals surface area contributed by atoms with Crippen molar-refractivity contribution in [3.05, 3.63) is 24.3 Å². The van der Waals surface area contributed by atoms with E-state index < -0.39 is 10.0 Å². The minimum absolute atomic E-state index is 0.0764. The van der Waals surface area contributed by atoms with Crippen LogP contribution in [0.25, 0.3) is 0 Å². The maximum atomic E-state index is 11.6. The maximum absolute atomic E-state index is 11.6. The Morgan fingerprint density at radius 2 is 2.12 bits per heavy atom. The molecule has 0 aromatic heterocycles. The van der Waals surface area contributed by atoms with Gasteiger partial charge in [-0.25, -0.2) is 8.42 Å². The average molecular weight is 260 g/mol. The molecule has 0 aliphatic carbocycles. The molecule has 0 amide bonds. The van der Waals surface area contributed by atoms with Crippen LogP contribution in [0.2, 0.25) is 0 Å². The summed E-state index contributed by atoms with van der Waals surface area (Å²) in [7, 11) is -1.52. The van der Waals surface area contributed by atoms with Crippen molar-refractivity contribution in [3.8, 4) is 0 Å². The molecule has 0 saturated carbocycles. The van der Waals surface area contributed by atoms with Gasteiger partial charge in [-0.05, 0) is 31.5 Å². The summed E-state index contributed by atoms with van der Waals surface area (Å²) in [6.07, 6.45) is 1.95. The van der Waals surface area contributed by atoms with Gasteiger partial charge in [0.15, 0.2) is 0 Å². The maximum Gasteiger partial charge on any atom is 0.233 e. The highest BCUT2D eigenvalue weighted by molar-refractivity contribution is 7.98. The second kappa shape index (κ2) is 6.12. The molecule has 1 aromatic carbocycles.